The largest absolute Gasteiger partial charge is 0.378 e. The van der Waals surface area contributed by atoms with Gasteiger partial charge in [0, 0.05) is 36.6 Å². The van der Waals surface area contributed by atoms with Crippen LogP contribution in [-0.2, 0) is 16.7 Å². The number of hydrogen-bond donors (Lipinski definition) is 1. The molecule has 0 radical (unpaired) electrons. The van der Waals surface area contributed by atoms with E-state index in [4.69, 9.17) is 14.7 Å². The van der Waals surface area contributed by atoms with E-state index in [0.717, 1.165) is 65.0 Å². The van der Waals surface area contributed by atoms with Gasteiger partial charge in [-0.15, -0.1) is 11.3 Å². The number of morpholine rings is 1. The number of carbonyl (C=O) groups excluding carboxylic acids is 1. The van der Waals surface area contributed by atoms with Crippen LogP contribution in [0.15, 0.2) is 18.3 Å². The monoisotopic (exact) mass is 439 g/mol. The third kappa shape index (κ3) is 4.55. The topological polar surface area (TPSA) is 80.2 Å². The van der Waals surface area contributed by atoms with Crippen LogP contribution >= 0.6 is 11.3 Å². The highest BCUT2D eigenvalue weighted by Gasteiger charge is 2.23. The fraction of sp³-hybridized carbons (Fsp3) is 0.478. The van der Waals surface area contributed by atoms with Crippen molar-refractivity contribution in [2.24, 2.45) is 0 Å². The van der Waals surface area contributed by atoms with Gasteiger partial charge in [0.15, 0.2) is 0 Å². The molecule has 4 heterocycles. The number of aromatic nitrogens is 3. The van der Waals surface area contributed by atoms with E-state index < -0.39 is 0 Å². The van der Waals surface area contributed by atoms with Crippen molar-refractivity contribution in [3.63, 3.8) is 0 Å². The van der Waals surface area contributed by atoms with Gasteiger partial charge in [-0.3, -0.25) is 4.79 Å². The molecule has 1 aliphatic rings. The highest BCUT2D eigenvalue weighted by atomic mass is 32.1. The molecule has 1 amide bonds. The molecule has 0 spiro atoms. The van der Waals surface area contributed by atoms with Crippen molar-refractivity contribution in [1.29, 1.82) is 0 Å². The van der Waals surface area contributed by atoms with Crippen molar-refractivity contribution in [1.82, 2.24) is 20.3 Å². The number of hydrogen-bond acceptors (Lipinski definition) is 7. The quantitative estimate of drug-likeness (QED) is 0.667. The minimum atomic E-state index is -0.139. The zero-order valence-corrected chi connectivity index (χ0v) is 19.6. The Morgan fingerprint density at radius 2 is 1.94 bits per heavy atom. The molecule has 7 nitrogen and oxygen atoms in total. The first-order valence-electron chi connectivity index (χ1n) is 10.6. The second kappa shape index (κ2) is 8.51. The van der Waals surface area contributed by atoms with Gasteiger partial charge < -0.3 is 15.0 Å². The van der Waals surface area contributed by atoms with Crippen LogP contribution in [0, 0.1) is 13.8 Å². The van der Waals surface area contributed by atoms with E-state index in [1.54, 1.807) is 0 Å². The predicted octanol–water partition coefficient (Wildman–Crippen LogP) is 3.77. The van der Waals surface area contributed by atoms with Crippen molar-refractivity contribution >= 4 is 33.3 Å². The molecule has 3 aromatic rings. The van der Waals surface area contributed by atoms with E-state index in [2.05, 4.69) is 36.0 Å². The maximum atomic E-state index is 12.9. The normalized spacial score (nSPS) is 14.8. The molecular formula is C23H29N5O2S. The molecule has 0 aliphatic carbocycles. The summed E-state index contributed by atoms with van der Waals surface area (Å²) < 4.78 is 5.39. The molecule has 1 fully saturated rings. The lowest BCUT2D eigenvalue weighted by molar-refractivity contribution is 0.0954. The van der Waals surface area contributed by atoms with Crippen molar-refractivity contribution < 1.29 is 9.53 Å². The van der Waals surface area contributed by atoms with Crippen LogP contribution in [0.4, 0.5) is 5.82 Å². The summed E-state index contributed by atoms with van der Waals surface area (Å²) in [5.74, 6) is 1.66. The third-order valence-corrected chi connectivity index (χ3v) is 6.63. The fourth-order valence-corrected chi connectivity index (χ4v) is 4.80. The molecule has 1 aliphatic heterocycles. The van der Waals surface area contributed by atoms with E-state index in [1.165, 1.54) is 11.3 Å². The van der Waals surface area contributed by atoms with E-state index in [0.29, 0.717) is 11.4 Å². The average Bonchev–Trinajstić information content (AvgIpc) is 3.09. The Balaban J connectivity index is 1.48. The molecule has 31 heavy (non-hydrogen) atoms. The summed E-state index contributed by atoms with van der Waals surface area (Å²) in [6.45, 7) is 13.9. The van der Waals surface area contributed by atoms with Gasteiger partial charge in [-0.2, -0.15) is 0 Å². The van der Waals surface area contributed by atoms with Crippen molar-refractivity contribution in [3.8, 4) is 0 Å². The van der Waals surface area contributed by atoms with E-state index in [1.807, 2.05) is 32.2 Å². The van der Waals surface area contributed by atoms with Crippen molar-refractivity contribution in [3.05, 3.63) is 45.9 Å². The van der Waals surface area contributed by atoms with E-state index in [9.17, 15) is 4.79 Å². The Morgan fingerprint density at radius 1 is 1.19 bits per heavy atom. The number of rotatable bonds is 4. The number of ether oxygens (including phenoxy) is 1. The Hall–Kier alpha value is -2.58. The van der Waals surface area contributed by atoms with Crippen LogP contribution in [0.25, 0.3) is 10.2 Å². The molecule has 164 valence electrons. The van der Waals surface area contributed by atoms with Gasteiger partial charge in [0.05, 0.1) is 23.8 Å². The maximum Gasteiger partial charge on any atom is 0.261 e. The van der Waals surface area contributed by atoms with Gasteiger partial charge >= 0.3 is 0 Å². The maximum absolute atomic E-state index is 12.9. The van der Waals surface area contributed by atoms with Crippen LogP contribution < -0.4 is 10.2 Å². The number of pyridine rings is 1. The summed E-state index contributed by atoms with van der Waals surface area (Å²) in [6.07, 6.45) is 1.83. The van der Waals surface area contributed by atoms with Gasteiger partial charge in [0.2, 0.25) is 0 Å². The van der Waals surface area contributed by atoms with Gasteiger partial charge in [0.1, 0.15) is 16.5 Å². The molecule has 1 saturated heterocycles. The summed E-state index contributed by atoms with van der Waals surface area (Å²) in [4.78, 5) is 30.7. The van der Waals surface area contributed by atoms with Gasteiger partial charge in [-0.05, 0) is 31.0 Å². The Labute approximate surface area is 186 Å². The fourth-order valence-electron chi connectivity index (χ4n) is 3.65. The SMILES string of the molecule is Cc1nc(C(C)(C)C)nc2sc(C(=O)NCc3ccc(N4CCOCC4)nc3)c(C)c12. The van der Waals surface area contributed by atoms with Crippen molar-refractivity contribution in [2.75, 3.05) is 31.2 Å². The highest BCUT2D eigenvalue weighted by molar-refractivity contribution is 7.20. The number of nitrogens with one attached hydrogen (secondary N) is 1. The minimum absolute atomic E-state index is 0.0885. The van der Waals surface area contributed by atoms with Gasteiger partial charge in [-0.1, -0.05) is 26.8 Å². The predicted molar refractivity (Wildman–Crippen MR) is 124 cm³/mol. The number of fused-ring (bicyclic) bond motifs is 1. The van der Waals surface area contributed by atoms with Crippen LogP contribution in [-0.4, -0.2) is 47.2 Å². The Morgan fingerprint density at radius 3 is 2.58 bits per heavy atom. The lowest BCUT2D eigenvalue weighted by Crippen LogP contribution is -2.36. The lowest BCUT2D eigenvalue weighted by Gasteiger charge is -2.27. The molecule has 0 atom stereocenters. The van der Waals surface area contributed by atoms with Crippen molar-refractivity contribution in [2.45, 2.75) is 46.6 Å². The number of anilines is 1. The van der Waals surface area contributed by atoms with Gasteiger partial charge in [-0.25, -0.2) is 15.0 Å². The molecule has 0 aromatic carbocycles. The second-order valence-electron chi connectivity index (χ2n) is 8.93. The first kappa shape index (κ1) is 21.6. The third-order valence-electron chi connectivity index (χ3n) is 5.45. The molecule has 8 heteroatoms. The van der Waals surface area contributed by atoms with Gasteiger partial charge in [0.25, 0.3) is 5.91 Å². The Bertz CT molecular complexity index is 1100. The van der Waals surface area contributed by atoms with E-state index >= 15 is 0 Å². The molecular weight excluding hydrogens is 410 g/mol. The molecule has 0 bridgehead atoms. The molecule has 3 aromatic heterocycles. The first-order valence-corrected chi connectivity index (χ1v) is 11.4. The van der Waals surface area contributed by atoms with Crippen LogP contribution in [0.5, 0.6) is 0 Å². The number of thiophene rings is 1. The number of aryl methyl sites for hydroxylation is 2. The smallest absolute Gasteiger partial charge is 0.261 e. The van der Waals surface area contributed by atoms with Crippen LogP contribution in [0.2, 0.25) is 0 Å². The number of carbonyl (C=O) groups is 1. The van der Waals surface area contributed by atoms with Crippen LogP contribution in [0.1, 0.15) is 53.1 Å². The standard InChI is InChI=1S/C23H29N5O2S/c1-14-18-15(2)26-22(23(3,4)5)27-21(18)31-19(14)20(29)25-13-16-6-7-17(24-12-16)28-8-10-30-11-9-28/h6-7,12H,8-11,13H2,1-5H3,(H,25,29). The summed E-state index contributed by atoms with van der Waals surface area (Å²) in [6, 6.07) is 4.02. The number of nitrogens with zero attached hydrogens (tertiary/aromatic N) is 4. The summed E-state index contributed by atoms with van der Waals surface area (Å²) in [5.41, 5.74) is 2.69. The highest BCUT2D eigenvalue weighted by Crippen LogP contribution is 2.33. The average molecular weight is 440 g/mol. The summed E-state index contributed by atoms with van der Waals surface area (Å²) in [5, 5.41) is 4.02. The van der Waals surface area contributed by atoms with E-state index in [-0.39, 0.29) is 11.3 Å². The molecule has 4 rings (SSSR count). The molecule has 1 N–H and O–H groups in total. The lowest BCUT2D eigenvalue weighted by atomic mass is 9.95. The first-order chi connectivity index (χ1) is 14.7. The molecule has 0 saturated carbocycles. The summed E-state index contributed by atoms with van der Waals surface area (Å²) >= 11 is 1.44. The molecule has 0 unspecified atom stereocenters. The zero-order valence-electron chi connectivity index (χ0n) is 18.8. The second-order valence-corrected chi connectivity index (χ2v) is 9.92. The number of amides is 1. The zero-order chi connectivity index (χ0) is 22.2. The minimum Gasteiger partial charge on any atom is -0.378 e. The summed E-state index contributed by atoms with van der Waals surface area (Å²) in [7, 11) is 0. The van der Waals surface area contributed by atoms with Crippen LogP contribution in [0.3, 0.4) is 0 Å². The Kier molecular flexibility index (Phi) is 5.94.